The summed E-state index contributed by atoms with van der Waals surface area (Å²) < 4.78 is 0. The van der Waals surface area contributed by atoms with E-state index in [0.29, 0.717) is 5.92 Å². The van der Waals surface area contributed by atoms with Crippen LogP contribution >= 0.6 is 0 Å². The minimum absolute atomic E-state index is 0.0474. The molecule has 0 aromatic rings. The van der Waals surface area contributed by atoms with Gasteiger partial charge in [-0.1, -0.05) is 13.8 Å². The van der Waals surface area contributed by atoms with Gasteiger partial charge < -0.3 is 10.6 Å². The van der Waals surface area contributed by atoms with Crippen molar-refractivity contribution in [2.45, 2.75) is 33.7 Å². The standard InChI is InChI=1S/C9H20N2O/c1-5-11(6-7(2)3)9(12)8(4)10/h7-8H,5-6,10H2,1-4H3/t8-/m1/s1. The molecule has 0 unspecified atom stereocenters. The second kappa shape index (κ2) is 5.14. The van der Waals surface area contributed by atoms with E-state index in [4.69, 9.17) is 5.73 Å². The maximum atomic E-state index is 11.4. The summed E-state index contributed by atoms with van der Waals surface area (Å²) in [7, 11) is 0. The molecule has 0 aromatic carbocycles. The van der Waals surface area contributed by atoms with Crippen LogP contribution in [0, 0.1) is 5.92 Å². The summed E-state index contributed by atoms with van der Waals surface area (Å²) >= 11 is 0. The van der Waals surface area contributed by atoms with Crippen LogP contribution in [0.5, 0.6) is 0 Å². The molecule has 0 aliphatic rings. The highest BCUT2D eigenvalue weighted by molar-refractivity contribution is 5.81. The van der Waals surface area contributed by atoms with Crippen molar-refractivity contribution >= 4 is 5.91 Å². The first kappa shape index (κ1) is 11.4. The highest BCUT2D eigenvalue weighted by atomic mass is 16.2. The number of amides is 1. The van der Waals surface area contributed by atoms with Crippen LogP contribution in [0.15, 0.2) is 0 Å². The first-order valence-corrected chi connectivity index (χ1v) is 4.53. The lowest BCUT2D eigenvalue weighted by Gasteiger charge is -2.24. The van der Waals surface area contributed by atoms with E-state index < -0.39 is 0 Å². The zero-order valence-electron chi connectivity index (χ0n) is 8.50. The molecule has 12 heavy (non-hydrogen) atoms. The van der Waals surface area contributed by atoms with Crippen LogP contribution in [0.2, 0.25) is 0 Å². The second-order valence-corrected chi connectivity index (χ2v) is 3.56. The first-order chi connectivity index (χ1) is 5.49. The number of nitrogens with two attached hydrogens (primary N) is 1. The van der Waals surface area contributed by atoms with Crippen molar-refractivity contribution in [1.29, 1.82) is 0 Å². The third-order valence-corrected chi connectivity index (χ3v) is 1.67. The Kier molecular flexibility index (Phi) is 4.90. The quantitative estimate of drug-likeness (QED) is 0.683. The van der Waals surface area contributed by atoms with E-state index in [0.717, 1.165) is 13.1 Å². The highest BCUT2D eigenvalue weighted by Gasteiger charge is 2.15. The van der Waals surface area contributed by atoms with Gasteiger partial charge in [-0.3, -0.25) is 4.79 Å². The number of nitrogens with zero attached hydrogens (tertiary/aromatic N) is 1. The molecule has 0 spiro atoms. The summed E-state index contributed by atoms with van der Waals surface area (Å²) in [5.74, 6) is 0.554. The fourth-order valence-electron chi connectivity index (χ4n) is 1.10. The van der Waals surface area contributed by atoms with Crippen LogP contribution in [0.1, 0.15) is 27.7 Å². The normalized spacial score (nSPS) is 13.2. The number of carbonyl (C=O) groups is 1. The number of carbonyl (C=O) groups excluding carboxylic acids is 1. The van der Waals surface area contributed by atoms with Crippen molar-refractivity contribution < 1.29 is 4.79 Å². The van der Waals surface area contributed by atoms with E-state index in [1.165, 1.54) is 0 Å². The molecule has 2 N–H and O–H groups in total. The number of likely N-dealkylation sites (N-methyl/N-ethyl adjacent to an activating group) is 1. The number of hydrogen-bond acceptors (Lipinski definition) is 2. The zero-order chi connectivity index (χ0) is 9.72. The second-order valence-electron chi connectivity index (χ2n) is 3.56. The van der Waals surface area contributed by atoms with Gasteiger partial charge in [-0.05, 0) is 19.8 Å². The molecule has 1 atom stereocenters. The molecule has 0 radical (unpaired) electrons. The Morgan fingerprint density at radius 3 is 2.17 bits per heavy atom. The summed E-state index contributed by atoms with van der Waals surface area (Å²) in [6.07, 6.45) is 0. The lowest BCUT2D eigenvalue weighted by molar-refractivity contribution is -0.132. The molecule has 3 nitrogen and oxygen atoms in total. The smallest absolute Gasteiger partial charge is 0.239 e. The predicted molar refractivity (Wildman–Crippen MR) is 50.7 cm³/mol. The van der Waals surface area contributed by atoms with Gasteiger partial charge in [-0.25, -0.2) is 0 Å². The molecule has 0 fully saturated rings. The molecule has 0 aromatic heterocycles. The van der Waals surface area contributed by atoms with E-state index in [2.05, 4.69) is 13.8 Å². The number of rotatable bonds is 4. The van der Waals surface area contributed by atoms with Gasteiger partial charge in [0.2, 0.25) is 5.91 Å². The Labute approximate surface area is 74.9 Å². The van der Waals surface area contributed by atoms with Gasteiger partial charge in [0.1, 0.15) is 0 Å². The molecule has 0 aliphatic heterocycles. The average molecular weight is 172 g/mol. The summed E-state index contributed by atoms with van der Waals surface area (Å²) in [6, 6.07) is -0.372. The largest absolute Gasteiger partial charge is 0.341 e. The third-order valence-electron chi connectivity index (χ3n) is 1.67. The maximum absolute atomic E-state index is 11.4. The van der Waals surface area contributed by atoms with Crippen molar-refractivity contribution in [1.82, 2.24) is 4.90 Å². The third kappa shape index (κ3) is 3.72. The molecule has 0 saturated heterocycles. The SMILES string of the molecule is CCN(CC(C)C)C(=O)[C@@H](C)N. The van der Waals surface area contributed by atoms with Gasteiger partial charge in [0.05, 0.1) is 6.04 Å². The van der Waals surface area contributed by atoms with Gasteiger partial charge in [0.15, 0.2) is 0 Å². The summed E-state index contributed by atoms with van der Waals surface area (Å²) in [4.78, 5) is 13.2. The van der Waals surface area contributed by atoms with Crippen LogP contribution in [0.4, 0.5) is 0 Å². The molecule has 1 amide bonds. The Balaban J connectivity index is 4.06. The van der Waals surface area contributed by atoms with E-state index in [1.807, 2.05) is 6.92 Å². The molecule has 0 heterocycles. The molecule has 0 rings (SSSR count). The van der Waals surface area contributed by atoms with Crippen LogP contribution in [0.25, 0.3) is 0 Å². The molecule has 0 bridgehead atoms. The van der Waals surface area contributed by atoms with Crippen molar-refractivity contribution in [3.05, 3.63) is 0 Å². The van der Waals surface area contributed by atoms with Crippen LogP contribution < -0.4 is 5.73 Å². The summed E-state index contributed by atoms with van der Waals surface area (Å²) in [6.45, 7) is 9.44. The van der Waals surface area contributed by atoms with E-state index in [1.54, 1.807) is 11.8 Å². The fraction of sp³-hybridized carbons (Fsp3) is 0.889. The topological polar surface area (TPSA) is 46.3 Å². The van der Waals surface area contributed by atoms with Crippen molar-refractivity contribution in [3.8, 4) is 0 Å². The Hall–Kier alpha value is -0.570. The van der Waals surface area contributed by atoms with Gasteiger partial charge in [0.25, 0.3) is 0 Å². The van der Waals surface area contributed by atoms with Crippen molar-refractivity contribution in [2.24, 2.45) is 11.7 Å². The zero-order valence-corrected chi connectivity index (χ0v) is 8.50. The first-order valence-electron chi connectivity index (χ1n) is 4.53. The van der Waals surface area contributed by atoms with Crippen LogP contribution in [-0.2, 0) is 4.79 Å². The van der Waals surface area contributed by atoms with Gasteiger partial charge >= 0.3 is 0 Å². The molecule has 3 heteroatoms. The van der Waals surface area contributed by atoms with Gasteiger partial charge in [0, 0.05) is 13.1 Å². The minimum atomic E-state index is -0.372. The molecule has 0 aliphatic carbocycles. The number of hydrogen-bond donors (Lipinski definition) is 1. The van der Waals surface area contributed by atoms with Crippen LogP contribution in [-0.4, -0.2) is 29.9 Å². The van der Waals surface area contributed by atoms with Crippen molar-refractivity contribution in [3.63, 3.8) is 0 Å². The van der Waals surface area contributed by atoms with Crippen LogP contribution in [0.3, 0.4) is 0 Å². The molecule has 0 saturated carbocycles. The van der Waals surface area contributed by atoms with Gasteiger partial charge in [-0.15, -0.1) is 0 Å². The molecular weight excluding hydrogens is 152 g/mol. The summed E-state index contributed by atoms with van der Waals surface area (Å²) in [5, 5.41) is 0. The monoisotopic (exact) mass is 172 g/mol. The van der Waals surface area contributed by atoms with E-state index in [-0.39, 0.29) is 11.9 Å². The maximum Gasteiger partial charge on any atom is 0.239 e. The Morgan fingerprint density at radius 2 is 1.92 bits per heavy atom. The molecule has 72 valence electrons. The Bertz CT molecular complexity index is 143. The summed E-state index contributed by atoms with van der Waals surface area (Å²) in [5.41, 5.74) is 5.50. The van der Waals surface area contributed by atoms with Gasteiger partial charge in [-0.2, -0.15) is 0 Å². The van der Waals surface area contributed by atoms with Crippen molar-refractivity contribution in [2.75, 3.05) is 13.1 Å². The highest BCUT2D eigenvalue weighted by Crippen LogP contribution is 2.00. The predicted octanol–water partition coefficient (Wildman–Crippen LogP) is 0.838. The lowest BCUT2D eigenvalue weighted by Crippen LogP contribution is -2.43. The molecular formula is C9H20N2O. The Morgan fingerprint density at radius 1 is 1.42 bits per heavy atom. The lowest BCUT2D eigenvalue weighted by atomic mass is 10.2. The van der Waals surface area contributed by atoms with E-state index in [9.17, 15) is 4.79 Å². The average Bonchev–Trinajstić information content (AvgIpc) is 1.98. The fourth-order valence-corrected chi connectivity index (χ4v) is 1.10. The minimum Gasteiger partial charge on any atom is -0.341 e. The van der Waals surface area contributed by atoms with E-state index >= 15 is 0 Å².